The molecule has 0 saturated heterocycles. The lowest BCUT2D eigenvalue weighted by Gasteiger charge is -2.12. The lowest BCUT2D eigenvalue weighted by atomic mass is 10.2. The predicted molar refractivity (Wildman–Crippen MR) is 99.8 cm³/mol. The third kappa shape index (κ3) is 6.18. The summed E-state index contributed by atoms with van der Waals surface area (Å²) in [5.74, 6) is -1.19. The van der Waals surface area contributed by atoms with Crippen molar-refractivity contribution in [3.8, 4) is 0 Å². The number of hydrogen-bond acceptors (Lipinski definition) is 5. The van der Waals surface area contributed by atoms with Gasteiger partial charge in [-0.1, -0.05) is 6.07 Å². The Kier molecular flexibility index (Phi) is 7.46. The molecular weight excluding hydrogens is 320 g/mol. The van der Waals surface area contributed by atoms with Crippen LogP contribution in [-0.4, -0.2) is 52.3 Å². The average molecular weight is 344 g/mol. The van der Waals surface area contributed by atoms with Crippen molar-refractivity contribution in [2.45, 2.75) is 0 Å². The summed E-state index contributed by atoms with van der Waals surface area (Å²) in [6, 6.07) is 14.1. The fourth-order valence-corrected chi connectivity index (χ4v) is 1.93. The molecule has 0 saturated carbocycles. The van der Waals surface area contributed by atoms with Crippen LogP contribution >= 0.6 is 0 Å². The number of carboxylic acid groups (broad SMARTS) is 1. The van der Waals surface area contributed by atoms with Gasteiger partial charge in [0, 0.05) is 39.6 Å². The van der Waals surface area contributed by atoms with E-state index in [2.05, 4.69) is 4.74 Å². The first-order valence-electron chi connectivity index (χ1n) is 7.62. The molecular formula is C19H24N2O4. The first-order valence-corrected chi connectivity index (χ1v) is 7.62. The molecule has 0 aliphatic heterocycles. The van der Waals surface area contributed by atoms with Crippen molar-refractivity contribution < 1.29 is 19.4 Å². The lowest BCUT2D eigenvalue weighted by molar-refractivity contribution is 0.0600. The highest BCUT2D eigenvalue weighted by molar-refractivity contribution is 5.89. The fraction of sp³-hybridized carbons (Fsp3) is 0.263. The predicted octanol–water partition coefficient (Wildman–Crippen LogP) is 2.99. The molecule has 0 aliphatic rings. The summed E-state index contributed by atoms with van der Waals surface area (Å²) < 4.78 is 4.58. The van der Waals surface area contributed by atoms with Crippen LogP contribution in [0.3, 0.4) is 0 Å². The summed E-state index contributed by atoms with van der Waals surface area (Å²) in [5.41, 5.74) is 2.86. The summed E-state index contributed by atoms with van der Waals surface area (Å²) in [5, 5.41) is 8.67. The zero-order valence-corrected chi connectivity index (χ0v) is 15.2. The van der Waals surface area contributed by atoms with Gasteiger partial charge in [0.2, 0.25) is 0 Å². The first kappa shape index (κ1) is 20.0. The normalized spacial score (nSPS) is 9.48. The van der Waals surface area contributed by atoms with Gasteiger partial charge in [-0.25, -0.2) is 9.59 Å². The Morgan fingerprint density at radius 1 is 0.840 bits per heavy atom. The number of anilines is 2. The second kappa shape index (κ2) is 9.32. The van der Waals surface area contributed by atoms with Crippen molar-refractivity contribution in [1.29, 1.82) is 0 Å². The lowest BCUT2D eigenvalue weighted by Crippen LogP contribution is -2.09. The maximum absolute atomic E-state index is 11.1. The summed E-state index contributed by atoms with van der Waals surface area (Å²) >= 11 is 0. The highest BCUT2D eigenvalue weighted by Gasteiger charge is 2.04. The van der Waals surface area contributed by atoms with Crippen molar-refractivity contribution >= 4 is 23.3 Å². The molecule has 2 rings (SSSR count). The highest BCUT2D eigenvalue weighted by Crippen LogP contribution is 2.13. The van der Waals surface area contributed by atoms with E-state index >= 15 is 0 Å². The number of methoxy groups -OCH3 is 1. The van der Waals surface area contributed by atoms with Crippen LogP contribution < -0.4 is 9.80 Å². The molecule has 2 aromatic rings. The minimum Gasteiger partial charge on any atom is -0.478 e. The number of nitrogens with zero attached hydrogens (tertiary/aromatic N) is 2. The zero-order valence-electron chi connectivity index (χ0n) is 15.2. The third-order valence-corrected chi connectivity index (χ3v) is 3.41. The SMILES string of the molecule is CN(C)c1cccc(C(=O)O)c1.COC(=O)c1ccc(N(C)C)cc1. The van der Waals surface area contributed by atoms with Crippen LogP contribution in [0.2, 0.25) is 0 Å². The van der Waals surface area contributed by atoms with Crippen LogP contribution in [0, 0.1) is 0 Å². The van der Waals surface area contributed by atoms with E-state index in [0.717, 1.165) is 11.4 Å². The molecule has 0 aromatic heterocycles. The van der Waals surface area contributed by atoms with Gasteiger partial charge in [0.25, 0.3) is 0 Å². The van der Waals surface area contributed by atoms with Crippen molar-refractivity contribution in [3.63, 3.8) is 0 Å². The number of carbonyl (C=O) groups excluding carboxylic acids is 1. The van der Waals surface area contributed by atoms with E-state index in [4.69, 9.17) is 5.11 Å². The molecule has 0 bridgehead atoms. The Morgan fingerprint density at radius 2 is 1.40 bits per heavy atom. The number of ether oxygens (including phenoxy) is 1. The molecule has 6 nitrogen and oxygen atoms in total. The second-order valence-corrected chi connectivity index (χ2v) is 5.68. The van der Waals surface area contributed by atoms with E-state index in [0.29, 0.717) is 11.1 Å². The largest absolute Gasteiger partial charge is 0.478 e. The van der Waals surface area contributed by atoms with E-state index in [9.17, 15) is 9.59 Å². The molecule has 6 heteroatoms. The molecule has 1 N–H and O–H groups in total. The summed E-state index contributed by atoms with van der Waals surface area (Å²) in [6.07, 6.45) is 0. The molecule has 0 amide bonds. The van der Waals surface area contributed by atoms with Crippen LogP contribution in [-0.2, 0) is 4.74 Å². The van der Waals surface area contributed by atoms with Gasteiger partial charge in [-0.05, 0) is 42.5 Å². The minimum absolute atomic E-state index is 0.301. The Hall–Kier alpha value is -3.02. The van der Waals surface area contributed by atoms with Gasteiger partial charge >= 0.3 is 11.9 Å². The maximum Gasteiger partial charge on any atom is 0.337 e. The van der Waals surface area contributed by atoms with Crippen LogP contribution in [0.25, 0.3) is 0 Å². The highest BCUT2D eigenvalue weighted by atomic mass is 16.5. The smallest absolute Gasteiger partial charge is 0.337 e. The molecule has 0 fully saturated rings. The third-order valence-electron chi connectivity index (χ3n) is 3.41. The standard InChI is InChI=1S/C10H13NO2.C9H11NO2/c1-11(2)9-6-4-8(5-7-9)10(12)13-3;1-10(2)8-5-3-4-7(6-8)9(11)12/h4-7H,1-3H3;3-6H,1-2H3,(H,11,12). The number of carbonyl (C=O) groups is 2. The number of rotatable bonds is 4. The Labute approximate surface area is 148 Å². The van der Waals surface area contributed by atoms with E-state index in [1.165, 1.54) is 7.11 Å². The Balaban J connectivity index is 0.000000251. The molecule has 0 spiro atoms. The van der Waals surface area contributed by atoms with Crippen molar-refractivity contribution in [2.75, 3.05) is 45.1 Å². The van der Waals surface area contributed by atoms with Crippen molar-refractivity contribution in [1.82, 2.24) is 0 Å². The van der Waals surface area contributed by atoms with Crippen molar-refractivity contribution in [3.05, 3.63) is 59.7 Å². The first-order chi connectivity index (χ1) is 11.8. The van der Waals surface area contributed by atoms with Crippen LogP contribution in [0.5, 0.6) is 0 Å². The molecule has 0 atom stereocenters. The number of carboxylic acids is 1. The number of benzene rings is 2. The number of hydrogen-bond donors (Lipinski definition) is 1. The Morgan fingerprint density at radius 3 is 1.84 bits per heavy atom. The second-order valence-electron chi connectivity index (χ2n) is 5.68. The molecule has 2 aromatic carbocycles. The average Bonchev–Trinajstić information content (AvgIpc) is 2.61. The summed E-state index contributed by atoms with van der Waals surface area (Å²) in [7, 11) is 9.03. The van der Waals surface area contributed by atoms with Crippen LogP contribution in [0.15, 0.2) is 48.5 Å². The molecule has 25 heavy (non-hydrogen) atoms. The van der Waals surface area contributed by atoms with E-state index in [1.807, 2.05) is 56.2 Å². The molecule has 0 radical (unpaired) electrons. The molecule has 134 valence electrons. The van der Waals surface area contributed by atoms with Crippen LogP contribution in [0.1, 0.15) is 20.7 Å². The van der Waals surface area contributed by atoms with Crippen molar-refractivity contribution in [2.24, 2.45) is 0 Å². The van der Waals surface area contributed by atoms with Gasteiger partial charge in [-0.2, -0.15) is 0 Å². The zero-order chi connectivity index (χ0) is 19.0. The molecule has 0 unspecified atom stereocenters. The van der Waals surface area contributed by atoms with E-state index in [1.54, 1.807) is 30.3 Å². The van der Waals surface area contributed by atoms with Gasteiger partial charge in [-0.3, -0.25) is 0 Å². The van der Waals surface area contributed by atoms with Gasteiger partial charge in [-0.15, -0.1) is 0 Å². The molecule has 0 aliphatic carbocycles. The van der Waals surface area contributed by atoms with Gasteiger partial charge in [0.15, 0.2) is 0 Å². The summed E-state index contributed by atoms with van der Waals surface area (Å²) in [4.78, 5) is 25.5. The van der Waals surface area contributed by atoms with Crippen LogP contribution in [0.4, 0.5) is 11.4 Å². The summed E-state index contributed by atoms with van der Waals surface area (Å²) in [6.45, 7) is 0. The van der Waals surface area contributed by atoms with E-state index < -0.39 is 5.97 Å². The van der Waals surface area contributed by atoms with Gasteiger partial charge < -0.3 is 19.6 Å². The monoisotopic (exact) mass is 344 g/mol. The van der Waals surface area contributed by atoms with Gasteiger partial charge in [0.05, 0.1) is 18.2 Å². The van der Waals surface area contributed by atoms with E-state index in [-0.39, 0.29) is 5.97 Å². The number of esters is 1. The topological polar surface area (TPSA) is 70.1 Å². The minimum atomic E-state index is -0.890. The molecule has 0 heterocycles. The number of aromatic carboxylic acids is 1. The quantitative estimate of drug-likeness (QED) is 0.860. The maximum atomic E-state index is 11.1. The van der Waals surface area contributed by atoms with Gasteiger partial charge in [0.1, 0.15) is 0 Å². The fourth-order valence-electron chi connectivity index (χ4n) is 1.93. The Bertz CT molecular complexity index is 710.